The Labute approximate surface area is 86.2 Å². The highest BCUT2D eigenvalue weighted by Crippen LogP contribution is 2.50. The molecular weight excluding hydrogens is 228 g/mol. The van der Waals surface area contributed by atoms with Crippen molar-refractivity contribution in [3.8, 4) is 0 Å². The molecule has 14 heavy (non-hydrogen) atoms. The van der Waals surface area contributed by atoms with E-state index in [1.54, 1.807) is 6.92 Å². The van der Waals surface area contributed by atoms with Gasteiger partial charge in [-0.05, 0) is 19.8 Å². The predicted molar refractivity (Wildman–Crippen MR) is 52.7 cm³/mol. The average molecular weight is 242 g/mol. The molecular formula is C7H14O5S2. The summed E-state index contributed by atoms with van der Waals surface area (Å²) in [4.78, 5) is 0. The maximum Gasteiger partial charge on any atom is 0.264 e. The van der Waals surface area contributed by atoms with Gasteiger partial charge in [0.1, 0.15) is 0 Å². The minimum atomic E-state index is -3.46. The summed E-state index contributed by atoms with van der Waals surface area (Å²) in [6.07, 6.45) is 2.47. The van der Waals surface area contributed by atoms with E-state index < -0.39 is 31.9 Å². The van der Waals surface area contributed by atoms with E-state index >= 15 is 0 Å². The molecule has 2 atom stereocenters. The first-order valence-corrected chi connectivity index (χ1v) is 7.19. The molecule has 0 amide bonds. The molecule has 2 unspecified atom stereocenters. The van der Waals surface area contributed by atoms with Crippen molar-refractivity contribution in [1.29, 1.82) is 0 Å². The van der Waals surface area contributed by atoms with Crippen LogP contribution in [0, 0.1) is 5.41 Å². The Balaban J connectivity index is 2.56. The molecule has 1 N–H and O–H groups in total. The van der Waals surface area contributed by atoms with Crippen LogP contribution in [0.5, 0.6) is 0 Å². The van der Waals surface area contributed by atoms with Gasteiger partial charge >= 0.3 is 0 Å². The molecule has 1 aliphatic carbocycles. The van der Waals surface area contributed by atoms with Crippen molar-refractivity contribution in [2.45, 2.75) is 25.0 Å². The Bertz CT molecular complexity index is 330. The summed E-state index contributed by atoms with van der Waals surface area (Å²) in [6, 6.07) is 0. The Morgan fingerprint density at radius 1 is 1.57 bits per heavy atom. The lowest BCUT2D eigenvalue weighted by atomic mass is 10.1. The second-order valence-corrected chi connectivity index (χ2v) is 6.65. The van der Waals surface area contributed by atoms with Gasteiger partial charge in [-0.15, -0.1) is 0 Å². The lowest BCUT2D eigenvalue weighted by Crippen LogP contribution is -2.29. The van der Waals surface area contributed by atoms with Crippen LogP contribution in [0.25, 0.3) is 0 Å². The van der Waals surface area contributed by atoms with Crippen LogP contribution in [0.15, 0.2) is 0 Å². The molecule has 0 radical (unpaired) electrons. The third-order valence-electron chi connectivity index (χ3n) is 2.62. The molecule has 0 spiro atoms. The number of hydrogen-bond donors (Lipinski definition) is 1. The molecule has 0 bridgehead atoms. The summed E-state index contributed by atoms with van der Waals surface area (Å²) in [6.45, 7) is 1.65. The van der Waals surface area contributed by atoms with Crippen molar-refractivity contribution in [2.75, 3.05) is 12.9 Å². The normalized spacial score (nSPS) is 24.2. The first-order chi connectivity index (χ1) is 6.27. The van der Waals surface area contributed by atoms with Crippen molar-refractivity contribution in [2.24, 2.45) is 5.41 Å². The van der Waals surface area contributed by atoms with E-state index in [2.05, 4.69) is 4.18 Å². The second kappa shape index (κ2) is 3.88. The van der Waals surface area contributed by atoms with Crippen molar-refractivity contribution in [3.63, 3.8) is 0 Å². The number of rotatable bonds is 5. The SMILES string of the molecule is CC(S(=O)O)C1(COS(C)(=O)=O)CC1. The lowest BCUT2D eigenvalue weighted by molar-refractivity contribution is 0.237. The summed E-state index contributed by atoms with van der Waals surface area (Å²) in [7, 11) is -3.46. The first kappa shape index (κ1) is 12.1. The van der Waals surface area contributed by atoms with Crippen molar-refractivity contribution in [3.05, 3.63) is 0 Å². The van der Waals surface area contributed by atoms with Crippen LogP contribution in [0.3, 0.4) is 0 Å². The molecule has 0 heterocycles. The van der Waals surface area contributed by atoms with Crippen LogP contribution >= 0.6 is 0 Å². The van der Waals surface area contributed by atoms with Gasteiger partial charge in [0, 0.05) is 5.41 Å². The minimum Gasteiger partial charge on any atom is -0.306 e. The summed E-state index contributed by atoms with van der Waals surface area (Å²) < 4.78 is 45.8. The summed E-state index contributed by atoms with van der Waals surface area (Å²) in [5.74, 6) is 0. The standard InChI is InChI=1S/C7H14O5S2/c1-6(13(8)9)7(3-4-7)5-12-14(2,10)11/h6H,3-5H2,1-2H3,(H,8,9). The minimum absolute atomic E-state index is 0.0132. The topological polar surface area (TPSA) is 80.7 Å². The largest absolute Gasteiger partial charge is 0.306 e. The maximum absolute atomic E-state index is 10.8. The summed E-state index contributed by atoms with van der Waals surface area (Å²) in [5.41, 5.74) is -0.414. The van der Waals surface area contributed by atoms with Gasteiger partial charge in [0.2, 0.25) is 0 Å². The van der Waals surface area contributed by atoms with Gasteiger partial charge in [-0.1, -0.05) is 0 Å². The Hall–Kier alpha value is 0.0200. The molecule has 1 aliphatic rings. The average Bonchev–Trinajstić information content (AvgIpc) is 2.79. The van der Waals surface area contributed by atoms with Gasteiger partial charge in [0.25, 0.3) is 10.1 Å². The predicted octanol–water partition coefficient (Wildman–Crippen LogP) is 0.353. The third-order valence-corrected chi connectivity index (χ3v) is 4.27. The van der Waals surface area contributed by atoms with Crippen molar-refractivity contribution < 1.29 is 21.4 Å². The highest BCUT2D eigenvalue weighted by atomic mass is 32.2. The molecule has 0 aliphatic heterocycles. The zero-order valence-electron chi connectivity index (χ0n) is 8.10. The van der Waals surface area contributed by atoms with Gasteiger partial charge in [-0.3, -0.25) is 4.18 Å². The molecule has 84 valence electrons. The molecule has 0 aromatic rings. The maximum atomic E-state index is 10.8. The van der Waals surface area contributed by atoms with E-state index in [0.717, 1.165) is 19.1 Å². The molecule has 0 aromatic carbocycles. The molecule has 5 nitrogen and oxygen atoms in total. The van der Waals surface area contributed by atoms with Gasteiger partial charge in [0.15, 0.2) is 11.1 Å². The van der Waals surface area contributed by atoms with Crippen LogP contribution in [0.1, 0.15) is 19.8 Å². The van der Waals surface area contributed by atoms with Crippen molar-refractivity contribution in [1.82, 2.24) is 0 Å². The van der Waals surface area contributed by atoms with E-state index in [-0.39, 0.29) is 6.61 Å². The third kappa shape index (κ3) is 3.01. The fourth-order valence-electron chi connectivity index (χ4n) is 1.27. The zero-order chi connectivity index (χ0) is 11.0. The van der Waals surface area contributed by atoms with Crippen molar-refractivity contribution >= 4 is 21.2 Å². The van der Waals surface area contributed by atoms with E-state index in [4.69, 9.17) is 4.55 Å². The highest BCUT2D eigenvalue weighted by Gasteiger charge is 2.50. The fourth-order valence-corrected chi connectivity index (χ4v) is 2.45. The van der Waals surface area contributed by atoms with Gasteiger partial charge in [0.05, 0.1) is 18.1 Å². The zero-order valence-corrected chi connectivity index (χ0v) is 9.73. The summed E-state index contributed by atoms with van der Waals surface area (Å²) >= 11 is -1.92. The lowest BCUT2D eigenvalue weighted by Gasteiger charge is -2.18. The second-order valence-electron chi connectivity index (χ2n) is 3.75. The molecule has 0 saturated heterocycles. The quantitative estimate of drug-likeness (QED) is 0.556. The first-order valence-electron chi connectivity index (χ1n) is 4.21. The number of hydrogen-bond acceptors (Lipinski definition) is 4. The highest BCUT2D eigenvalue weighted by molar-refractivity contribution is 7.86. The Morgan fingerprint density at radius 3 is 2.36 bits per heavy atom. The van der Waals surface area contributed by atoms with Crippen LogP contribution in [-0.2, 0) is 25.4 Å². The molecule has 1 saturated carbocycles. The Morgan fingerprint density at radius 2 is 2.07 bits per heavy atom. The van der Waals surface area contributed by atoms with E-state index in [9.17, 15) is 12.6 Å². The monoisotopic (exact) mass is 242 g/mol. The smallest absolute Gasteiger partial charge is 0.264 e. The fraction of sp³-hybridized carbons (Fsp3) is 1.00. The molecule has 1 fully saturated rings. The summed E-state index contributed by atoms with van der Waals surface area (Å²) in [5, 5.41) is -0.441. The van der Waals surface area contributed by atoms with Crippen LogP contribution in [0.2, 0.25) is 0 Å². The molecule has 0 aromatic heterocycles. The van der Waals surface area contributed by atoms with Crippen LogP contribution in [0.4, 0.5) is 0 Å². The van der Waals surface area contributed by atoms with Crippen LogP contribution in [-0.4, -0.2) is 35.3 Å². The van der Waals surface area contributed by atoms with E-state index in [1.807, 2.05) is 0 Å². The van der Waals surface area contributed by atoms with Gasteiger partial charge < -0.3 is 4.55 Å². The molecule has 7 heteroatoms. The van der Waals surface area contributed by atoms with E-state index in [0.29, 0.717) is 0 Å². The van der Waals surface area contributed by atoms with Gasteiger partial charge in [-0.25, -0.2) is 4.21 Å². The van der Waals surface area contributed by atoms with E-state index in [1.165, 1.54) is 0 Å². The van der Waals surface area contributed by atoms with Crippen LogP contribution < -0.4 is 0 Å². The molecule has 1 rings (SSSR count). The Kier molecular flexibility index (Phi) is 3.35. The van der Waals surface area contributed by atoms with Gasteiger partial charge in [-0.2, -0.15) is 8.42 Å².